The van der Waals surface area contributed by atoms with Crippen LogP contribution in [0.15, 0.2) is 36.7 Å². The summed E-state index contributed by atoms with van der Waals surface area (Å²) in [5.41, 5.74) is 4.79. The zero-order valence-electron chi connectivity index (χ0n) is 12.1. The molecule has 0 saturated heterocycles. The van der Waals surface area contributed by atoms with Crippen LogP contribution in [0.25, 0.3) is 0 Å². The maximum atomic E-state index is 12.7. The fourth-order valence-electron chi connectivity index (χ4n) is 2.42. The number of alkyl halides is 3. The van der Waals surface area contributed by atoms with Gasteiger partial charge in [0.25, 0.3) is 0 Å². The van der Waals surface area contributed by atoms with Gasteiger partial charge in [-0.1, -0.05) is 29.8 Å². The highest BCUT2D eigenvalue weighted by molar-refractivity contribution is 6.31. The minimum absolute atomic E-state index is 0.100. The zero-order valence-corrected chi connectivity index (χ0v) is 12.9. The summed E-state index contributed by atoms with van der Waals surface area (Å²) in [6.45, 7) is 0. The number of carbonyl (C=O) groups excluding carboxylic acids is 1. The Morgan fingerprint density at radius 1 is 1.25 bits per heavy atom. The van der Waals surface area contributed by atoms with Crippen LogP contribution in [0.2, 0.25) is 5.15 Å². The van der Waals surface area contributed by atoms with Gasteiger partial charge in [-0.15, -0.1) is 0 Å². The van der Waals surface area contributed by atoms with Gasteiger partial charge in [0.2, 0.25) is 5.91 Å². The number of halogens is 4. The Morgan fingerprint density at radius 3 is 2.71 bits per heavy atom. The molecule has 1 fully saturated rings. The van der Waals surface area contributed by atoms with Gasteiger partial charge >= 0.3 is 6.18 Å². The molecule has 0 unspecified atom stereocenters. The Bertz CT molecular complexity index is 768. The van der Waals surface area contributed by atoms with Crippen molar-refractivity contribution in [1.82, 2.24) is 15.4 Å². The number of carbonyl (C=O) groups is 1. The van der Waals surface area contributed by atoms with E-state index in [9.17, 15) is 18.0 Å². The third-order valence-electron chi connectivity index (χ3n) is 3.73. The van der Waals surface area contributed by atoms with E-state index in [1.807, 2.05) is 0 Å². The summed E-state index contributed by atoms with van der Waals surface area (Å²) in [7, 11) is 0. The van der Waals surface area contributed by atoms with Gasteiger partial charge in [0.1, 0.15) is 0 Å². The normalized spacial score (nSPS) is 19.7. The second kappa shape index (κ2) is 6.27. The van der Waals surface area contributed by atoms with Crippen molar-refractivity contribution < 1.29 is 18.0 Å². The monoisotopic (exact) mass is 356 g/mol. The number of rotatable bonds is 4. The Hall–Kier alpha value is -2.35. The summed E-state index contributed by atoms with van der Waals surface area (Å²) in [4.78, 5) is 19.8. The van der Waals surface area contributed by atoms with Crippen molar-refractivity contribution in [2.45, 2.75) is 18.5 Å². The van der Waals surface area contributed by atoms with E-state index in [2.05, 4.69) is 20.8 Å². The third kappa shape index (κ3) is 3.59. The lowest BCUT2D eigenvalue weighted by atomic mass is 10.1. The van der Waals surface area contributed by atoms with Crippen LogP contribution in [0.1, 0.15) is 23.5 Å². The molecule has 2 N–H and O–H groups in total. The minimum Gasteiger partial charge on any atom is -0.279 e. The molecule has 2 atom stereocenters. The summed E-state index contributed by atoms with van der Waals surface area (Å²) < 4.78 is 38.2. The van der Waals surface area contributed by atoms with Gasteiger partial charge in [0, 0.05) is 18.3 Å². The lowest BCUT2D eigenvalue weighted by Gasteiger charge is -2.09. The molecule has 0 radical (unpaired) electrons. The lowest BCUT2D eigenvalue weighted by molar-refractivity contribution is -0.137. The first-order chi connectivity index (χ1) is 11.4. The molecule has 0 aliphatic heterocycles. The van der Waals surface area contributed by atoms with Gasteiger partial charge in [-0.25, -0.2) is 9.97 Å². The largest absolute Gasteiger partial charge is 0.416 e. The number of benzene rings is 1. The molecule has 5 nitrogen and oxygen atoms in total. The van der Waals surface area contributed by atoms with Gasteiger partial charge in [-0.3, -0.25) is 15.6 Å². The van der Waals surface area contributed by atoms with Gasteiger partial charge in [0.05, 0.1) is 5.56 Å². The van der Waals surface area contributed by atoms with E-state index in [-0.39, 0.29) is 22.8 Å². The molecular weight excluding hydrogens is 345 g/mol. The van der Waals surface area contributed by atoms with Crippen molar-refractivity contribution in [3.63, 3.8) is 0 Å². The van der Waals surface area contributed by atoms with Crippen molar-refractivity contribution in [2.75, 3.05) is 5.43 Å². The van der Waals surface area contributed by atoms with E-state index >= 15 is 0 Å². The minimum atomic E-state index is -4.40. The Morgan fingerprint density at radius 2 is 2.00 bits per heavy atom. The molecular formula is C15H12ClF3N4O. The molecule has 1 aliphatic carbocycles. The smallest absolute Gasteiger partial charge is 0.279 e. The fourth-order valence-corrected chi connectivity index (χ4v) is 2.57. The van der Waals surface area contributed by atoms with Crippen molar-refractivity contribution in [1.29, 1.82) is 0 Å². The Kier molecular flexibility index (Phi) is 4.31. The van der Waals surface area contributed by atoms with E-state index < -0.39 is 17.7 Å². The number of nitrogens with zero attached hydrogens (tertiary/aromatic N) is 2. The Balaban J connectivity index is 1.61. The van der Waals surface area contributed by atoms with Crippen LogP contribution in [-0.2, 0) is 11.0 Å². The molecule has 1 aromatic heterocycles. The van der Waals surface area contributed by atoms with E-state index in [1.54, 1.807) is 6.07 Å². The molecule has 1 aromatic carbocycles. The first-order valence-corrected chi connectivity index (χ1v) is 7.43. The van der Waals surface area contributed by atoms with E-state index in [1.165, 1.54) is 18.5 Å². The van der Waals surface area contributed by atoms with Crippen molar-refractivity contribution in [2.24, 2.45) is 5.92 Å². The number of hydrazine groups is 1. The van der Waals surface area contributed by atoms with Gasteiger partial charge in [-0.05, 0) is 24.0 Å². The second-order valence-corrected chi connectivity index (χ2v) is 5.74. The summed E-state index contributed by atoms with van der Waals surface area (Å²) in [5, 5.41) is 0.100. The van der Waals surface area contributed by atoms with Crippen LogP contribution in [0.4, 0.5) is 19.0 Å². The predicted octanol–water partition coefficient (Wildman–Crippen LogP) is 3.40. The van der Waals surface area contributed by atoms with Gasteiger partial charge in [0.15, 0.2) is 11.0 Å². The zero-order chi connectivity index (χ0) is 17.3. The van der Waals surface area contributed by atoms with Gasteiger partial charge < -0.3 is 0 Å². The third-order valence-corrected chi connectivity index (χ3v) is 4.00. The SMILES string of the molecule is O=C(NNc1nccnc1Cl)[C@H]1C[C@H]1c1cccc(C(F)(F)F)c1. The van der Waals surface area contributed by atoms with Crippen LogP contribution in [0.3, 0.4) is 0 Å². The Labute approximate surface area is 140 Å². The average molecular weight is 357 g/mol. The van der Waals surface area contributed by atoms with E-state index in [4.69, 9.17) is 11.6 Å². The average Bonchev–Trinajstić information content (AvgIpc) is 3.34. The van der Waals surface area contributed by atoms with E-state index in [0.29, 0.717) is 12.0 Å². The summed E-state index contributed by atoms with van der Waals surface area (Å²) >= 11 is 5.79. The van der Waals surface area contributed by atoms with Crippen molar-refractivity contribution in [3.8, 4) is 0 Å². The van der Waals surface area contributed by atoms with Crippen LogP contribution < -0.4 is 10.9 Å². The number of hydrogen-bond donors (Lipinski definition) is 2. The fraction of sp³-hybridized carbons (Fsp3) is 0.267. The van der Waals surface area contributed by atoms with Crippen LogP contribution in [0.5, 0.6) is 0 Å². The lowest BCUT2D eigenvalue weighted by Crippen LogP contribution is -2.31. The maximum absolute atomic E-state index is 12.7. The standard InChI is InChI=1S/C15H12ClF3N4O/c16-12-13(21-5-4-20-12)22-23-14(24)11-7-10(11)8-2-1-3-9(6-8)15(17,18)19/h1-6,10-11H,7H2,(H,21,22)(H,23,24)/t10-,11-/m0/s1. The number of aromatic nitrogens is 2. The molecule has 1 amide bonds. The molecule has 1 saturated carbocycles. The highest BCUT2D eigenvalue weighted by Crippen LogP contribution is 2.48. The summed E-state index contributed by atoms with van der Waals surface area (Å²) in [6, 6.07) is 5.05. The quantitative estimate of drug-likeness (QED) is 0.824. The maximum Gasteiger partial charge on any atom is 0.416 e. The second-order valence-electron chi connectivity index (χ2n) is 5.38. The predicted molar refractivity (Wildman–Crippen MR) is 81.1 cm³/mol. The molecule has 9 heteroatoms. The molecule has 0 bridgehead atoms. The number of hydrogen-bond acceptors (Lipinski definition) is 4. The van der Waals surface area contributed by atoms with E-state index in [0.717, 1.165) is 12.1 Å². The molecule has 1 aliphatic rings. The van der Waals surface area contributed by atoms with Crippen molar-refractivity contribution >= 4 is 23.3 Å². The van der Waals surface area contributed by atoms with Gasteiger partial charge in [-0.2, -0.15) is 13.2 Å². The molecule has 0 spiro atoms. The molecule has 3 rings (SSSR count). The summed E-state index contributed by atoms with van der Waals surface area (Å²) in [6.07, 6.45) is -1.10. The molecule has 24 heavy (non-hydrogen) atoms. The first kappa shape index (κ1) is 16.5. The number of nitrogens with one attached hydrogen (secondary N) is 2. The highest BCUT2D eigenvalue weighted by atomic mass is 35.5. The van der Waals surface area contributed by atoms with Crippen molar-refractivity contribution in [3.05, 3.63) is 52.9 Å². The molecule has 1 heterocycles. The first-order valence-electron chi connectivity index (χ1n) is 7.06. The number of anilines is 1. The van der Waals surface area contributed by atoms with Crippen LogP contribution >= 0.6 is 11.6 Å². The molecule has 2 aromatic rings. The molecule has 126 valence electrons. The van der Waals surface area contributed by atoms with Crippen LogP contribution in [0, 0.1) is 5.92 Å². The number of amides is 1. The topological polar surface area (TPSA) is 66.9 Å². The highest BCUT2D eigenvalue weighted by Gasteiger charge is 2.44. The van der Waals surface area contributed by atoms with Crippen LogP contribution in [-0.4, -0.2) is 15.9 Å². The summed E-state index contributed by atoms with van der Waals surface area (Å²) in [5.74, 6) is -0.759.